The molecule has 6 heteroatoms. The van der Waals surface area contributed by atoms with Crippen LogP contribution in [0.2, 0.25) is 5.02 Å². The van der Waals surface area contributed by atoms with Gasteiger partial charge in [-0.05, 0) is 50.9 Å². The summed E-state index contributed by atoms with van der Waals surface area (Å²) >= 11 is 6.05. The summed E-state index contributed by atoms with van der Waals surface area (Å²) < 4.78 is 10.9. The number of ether oxygens (including phenoxy) is 1. The van der Waals surface area contributed by atoms with E-state index in [4.69, 9.17) is 20.9 Å². The molecule has 2 aromatic heterocycles. The van der Waals surface area contributed by atoms with Crippen molar-refractivity contribution in [1.29, 1.82) is 0 Å². The van der Waals surface area contributed by atoms with Crippen molar-refractivity contribution >= 4 is 11.6 Å². The molecular formula is C16H20ClN3O2. The standard InChI is InChI=1S/C16H20ClN3O2/c1-12-9-14(19-22-12)10-20-7-4-13(5-8-20)11-21-16-15(17)3-2-6-18-16/h2-3,6,9,13H,4-5,7-8,10-11H2,1H3. The van der Waals surface area contributed by atoms with Gasteiger partial charge in [0.15, 0.2) is 0 Å². The van der Waals surface area contributed by atoms with Gasteiger partial charge in [0.25, 0.3) is 0 Å². The summed E-state index contributed by atoms with van der Waals surface area (Å²) in [4.78, 5) is 6.56. The van der Waals surface area contributed by atoms with Crippen LogP contribution in [-0.4, -0.2) is 34.7 Å². The Morgan fingerprint density at radius 3 is 2.91 bits per heavy atom. The minimum atomic E-state index is 0.532. The quantitative estimate of drug-likeness (QED) is 0.845. The lowest BCUT2D eigenvalue weighted by atomic mass is 9.98. The molecule has 3 heterocycles. The molecule has 0 saturated carbocycles. The monoisotopic (exact) mass is 321 g/mol. The Kier molecular flexibility index (Phi) is 4.95. The van der Waals surface area contributed by atoms with Crippen LogP contribution in [0.15, 0.2) is 28.9 Å². The Morgan fingerprint density at radius 1 is 1.41 bits per heavy atom. The van der Waals surface area contributed by atoms with E-state index in [-0.39, 0.29) is 0 Å². The second-order valence-corrected chi connectivity index (χ2v) is 6.16. The molecule has 0 amide bonds. The highest BCUT2D eigenvalue weighted by molar-refractivity contribution is 6.31. The van der Waals surface area contributed by atoms with E-state index < -0.39 is 0 Å². The first-order chi connectivity index (χ1) is 10.7. The number of pyridine rings is 1. The average Bonchev–Trinajstić information content (AvgIpc) is 2.93. The Balaban J connectivity index is 1.43. The van der Waals surface area contributed by atoms with Crippen molar-refractivity contribution in [1.82, 2.24) is 15.0 Å². The highest BCUT2D eigenvalue weighted by Crippen LogP contribution is 2.23. The molecule has 0 aliphatic carbocycles. The number of aromatic nitrogens is 2. The van der Waals surface area contributed by atoms with Crippen molar-refractivity contribution in [2.24, 2.45) is 5.92 Å². The molecule has 0 unspecified atom stereocenters. The third kappa shape index (κ3) is 3.99. The molecule has 0 radical (unpaired) electrons. The molecule has 0 aromatic carbocycles. The van der Waals surface area contributed by atoms with Gasteiger partial charge in [-0.3, -0.25) is 4.90 Å². The van der Waals surface area contributed by atoms with Crippen LogP contribution in [0.5, 0.6) is 5.88 Å². The zero-order valence-corrected chi connectivity index (χ0v) is 13.4. The Labute approximate surface area is 135 Å². The highest BCUT2D eigenvalue weighted by atomic mass is 35.5. The van der Waals surface area contributed by atoms with Gasteiger partial charge in [0.2, 0.25) is 5.88 Å². The molecule has 3 rings (SSSR count). The van der Waals surface area contributed by atoms with Crippen molar-refractivity contribution in [2.45, 2.75) is 26.3 Å². The van der Waals surface area contributed by atoms with Crippen LogP contribution in [0.1, 0.15) is 24.3 Å². The van der Waals surface area contributed by atoms with Crippen LogP contribution in [0.25, 0.3) is 0 Å². The Bertz CT molecular complexity index is 609. The minimum absolute atomic E-state index is 0.532. The molecule has 0 bridgehead atoms. The predicted molar refractivity (Wildman–Crippen MR) is 84.0 cm³/mol. The van der Waals surface area contributed by atoms with Crippen molar-refractivity contribution in [2.75, 3.05) is 19.7 Å². The maximum Gasteiger partial charge on any atom is 0.232 e. The first-order valence-corrected chi connectivity index (χ1v) is 7.96. The fourth-order valence-electron chi connectivity index (χ4n) is 2.71. The van der Waals surface area contributed by atoms with Gasteiger partial charge >= 0.3 is 0 Å². The Hall–Kier alpha value is -1.59. The number of halogens is 1. The lowest BCUT2D eigenvalue weighted by molar-refractivity contribution is 0.132. The van der Waals surface area contributed by atoms with E-state index in [9.17, 15) is 0 Å². The van der Waals surface area contributed by atoms with Gasteiger partial charge in [0, 0.05) is 18.8 Å². The van der Waals surface area contributed by atoms with E-state index in [2.05, 4.69) is 15.0 Å². The zero-order chi connectivity index (χ0) is 15.4. The van der Waals surface area contributed by atoms with Gasteiger partial charge in [-0.25, -0.2) is 4.98 Å². The number of piperidine rings is 1. The molecule has 22 heavy (non-hydrogen) atoms. The number of hydrogen-bond donors (Lipinski definition) is 0. The van der Waals surface area contributed by atoms with Gasteiger partial charge in [-0.15, -0.1) is 0 Å². The summed E-state index contributed by atoms with van der Waals surface area (Å²) in [5.41, 5.74) is 1.01. The summed E-state index contributed by atoms with van der Waals surface area (Å²) in [6, 6.07) is 5.60. The number of likely N-dealkylation sites (tertiary alicyclic amines) is 1. The van der Waals surface area contributed by atoms with E-state index in [1.807, 2.05) is 13.0 Å². The third-order valence-electron chi connectivity index (χ3n) is 3.95. The first-order valence-electron chi connectivity index (χ1n) is 7.58. The molecular weight excluding hydrogens is 302 g/mol. The molecule has 0 spiro atoms. The predicted octanol–water partition coefficient (Wildman–Crippen LogP) is 3.32. The molecule has 1 aliphatic rings. The topological polar surface area (TPSA) is 51.4 Å². The molecule has 1 fully saturated rings. The van der Waals surface area contributed by atoms with E-state index in [0.29, 0.717) is 23.4 Å². The van der Waals surface area contributed by atoms with Crippen LogP contribution < -0.4 is 4.74 Å². The van der Waals surface area contributed by atoms with E-state index in [0.717, 1.165) is 43.9 Å². The van der Waals surface area contributed by atoms with Crippen LogP contribution >= 0.6 is 11.6 Å². The number of aryl methyl sites for hydroxylation is 1. The first kappa shape index (κ1) is 15.3. The van der Waals surface area contributed by atoms with Crippen molar-refractivity contribution in [3.63, 3.8) is 0 Å². The van der Waals surface area contributed by atoms with Gasteiger partial charge in [-0.1, -0.05) is 16.8 Å². The maximum absolute atomic E-state index is 6.05. The summed E-state index contributed by atoms with van der Waals surface area (Å²) in [5, 5.41) is 4.62. The molecule has 1 aliphatic heterocycles. The second-order valence-electron chi connectivity index (χ2n) is 5.75. The summed E-state index contributed by atoms with van der Waals surface area (Å²) in [6.45, 7) is 5.55. The zero-order valence-electron chi connectivity index (χ0n) is 12.7. The number of rotatable bonds is 5. The van der Waals surface area contributed by atoms with E-state index in [1.54, 1.807) is 18.3 Å². The molecule has 0 N–H and O–H groups in total. The Morgan fingerprint density at radius 2 is 2.23 bits per heavy atom. The van der Waals surface area contributed by atoms with Gasteiger partial charge in [-0.2, -0.15) is 0 Å². The fraction of sp³-hybridized carbons (Fsp3) is 0.500. The van der Waals surface area contributed by atoms with Crippen molar-refractivity contribution in [3.8, 4) is 5.88 Å². The third-order valence-corrected chi connectivity index (χ3v) is 4.24. The van der Waals surface area contributed by atoms with Crippen LogP contribution in [0, 0.1) is 12.8 Å². The molecule has 2 aromatic rings. The van der Waals surface area contributed by atoms with Crippen LogP contribution in [0.3, 0.4) is 0 Å². The highest BCUT2D eigenvalue weighted by Gasteiger charge is 2.21. The largest absolute Gasteiger partial charge is 0.476 e. The van der Waals surface area contributed by atoms with E-state index >= 15 is 0 Å². The molecule has 118 valence electrons. The minimum Gasteiger partial charge on any atom is -0.476 e. The second kappa shape index (κ2) is 7.11. The summed E-state index contributed by atoms with van der Waals surface area (Å²) in [5.74, 6) is 1.95. The van der Waals surface area contributed by atoms with E-state index in [1.165, 1.54) is 0 Å². The van der Waals surface area contributed by atoms with Gasteiger partial charge in [0.05, 0.1) is 12.3 Å². The average molecular weight is 322 g/mol. The lowest BCUT2D eigenvalue weighted by Crippen LogP contribution is -2.35. The molecule has 5 nitrogen and oxygen atoms in total. The molecule has 0 atom stereocenters. The smallest absolute Gasteiger partial charge is 0.232 e. The van der Waals surface area contributed by atoms with Crippen molar-refractivity contribution in [3.05, 3.63) is 40.9 Å². The van der Waals surface area contributed by atoms with Gasteiger partial charge in [0.1, 0.15) is 10.8 Å². The van der Waals surface area contributed by atoms with Crippen molar-refractivity contribution < 1.29 is 9.26 Å². The van der Waals surface area contributed by atoms with Crippen LogP contribution in [-0.2, 0) is 6.54 Å². The van der Waals surface area contributed by atoms with Crippen LogP contribution in [0.4, 0.5) is 0 Å². The lowest BCUT2D eigenvalue weighted by Gasteiger charge is -2.31. The maximum atomic E-state index is 6.05. The summed E-state index contributed by atoms with van der Waals surface area (Å²) in [6.07, 6.45) is 3.92. The normalized spacial score (nSPS) is 16.8. The number of nitrogens with zero attached hydrogens (tertiary/aromatic N) is 3. The van der Waals surface area contributed by atoms with Gasteiger partial charge < -0.3 is 9.26 Å². The summed E-state index contributed by atoms with van der Waals surface area (Å²) in [7, 11) is 0. The number of hydrogen-bond acceptors (Lipinski definition) is 5. The molecule has 1 saturated heterocycles. The SMILES string of the molecule is Cc1cc(CN2CCC(COc3ncccc3Cl)CC2)no1. The fourth-order valence-corrected chi connectivity index (χ4v) is 2.88.